The lowest BCUT2D eigenvalue weighted by Gasteiger charge is -2.32. The number of hydrogen-bond acceptors (Lipinski definition) is 2. The van der Waals surface area contributed by atoms with Crippen LogP contribution < -0.4 is 5.73 Å². The third-order valence-corrected chi connectivity index (χ3v) is 3.03. The van der Waals surface area contributed by atoms with Crippen molar-refractivity contribution in [2.75, 3.05) is 0 Å². The highest BCUT2D eigenvalue weighted by molar-refractivity contribution is 4.73. The van der Waals surface area contributed by atoms with Crippen LogP contribution in [0.5, 0.6) is 0 Å². The molecule has 0 aromatic rings. The topological polar surface area (TPSA) is 35.2 Å². The van der Waals surface area contributed by atoms with E-state index in [9.17, 15) is 0 Å². The van der Waals surface area contributed by atoms with Crippen molar-refractivity contribution in [2.45, 2.75) is 72.6 Å². The lowest BCUT2D eigenvalue weighted by atomic mass is 9.86. The largest absolute Gasteiger partial charge is 0.358 e. The summed E-state index contributed by atoms with van der Waals surface area (Å²) in [7, 11) is 0. The van der Waals surface area contributed by atoms with E-state index in [2.05, 4.69) is 41.5 Å². The molecule has 0 aliphatic rings. The van der Waals surface area contributed by atoms with Gasteiger partial charge in [-0.3, -0.25) is 0 Å². The maximum atomic E-state index is 5.97. The van der Waals surface area contributed by atoms with E-state index < -0.39 is 0 Å². The highest BCUT2D eigenvalue weighted by atomic mass is 16.5. The van der Waals surface area contributed by atoms with Gasteiger partial charge in [-0.25, -0.2) is 0 Å². The lowest BCUT2D eigenvalue weighted by Crippen LogP contribution is -2.38. The van der Waals surface area contributed by atoms with Gasteiger partial charge in [0.25, 0.3) is 0 Å². The smallest absolute Gasteiger partial charge is 0.106 e. The minimum Gasteiger partial charge on any atom is -0.358 e. The van der Waals surface area contributed by atoms with Crippen LogP contribution in [0.1, 0.15) is 60.8 Å². The first kappa shape index (κ1) is 13.9. The molecule has 0 rings (SSSR count). The zero-order chi connectivity index (χ0) is 11.4. The quantitative estimate of drug-likeness (QED) is 0.669. The maximum absolute atomic E-state index is 5.97. The monoisotopic (exact) mass is 201 g/mol. The van der Waals surface area contributed by atoms with Gasteiger partial charge in [0.1, 0.15) is 6.23 Å². The van der Waals surface area contributed by atoms with E-state index in [1.807, 2.05) is 0 Å². The molecule has 0 heterocycles. The molecule has 0 saturated heterocycles. The van der Waals surface area contributed by atoms with Gasteiger partial charge in [-0.1, -0.05) is 34.1 Å². The van der Waals surface area contributed by atoms with Crippen molar-refractivity contribution < 1.29 is 4.74 Å². The lowest BCUT2D eigenvalue weighted by molar-refractivity contribution is -0.0850. The van der Waals surface area contributed by atoms with Gasteiger partial charge in [-0.2, -0.15) is 0 Å². The molecule has 1 unspecified atom stereocenters. The minimum atomic E-state index is -0.139. The zero-order valence-electron chi connectivity index (χ0n) is 10.7. The summed E-state index contributed by atoms with van der Waals surface area (Å²) >= 11 is 0. The molecule has 0 aliphatic carbocycles. The second-order valence-electron chi connectivity index (χ2n) is 5.49. The van der Waals surface area contributed by atoms with Crippen LogP contribution >= 0.6 is 0 Å². The number of ether oxygens (including phenoxy) is 1. The summed E-state index contributed by atoms with van der Waals surface area (Å²) in [4.78, 5) is 0. The predicted octanol–water partition coefficient (Wildman–Crippen LogP) is 3.30. The fourth-order valence-corrected chi connectivity index (χ4v) is 1.22. The minimum absolute atomic E-state index is 0.0940. The van der Waals surface area contributed by atoms with E-state index in [1.165, 1.54) is 0 Å². The number of rotatable bonds is 6. The molecule has 2 heteroatoms. The molecule has 0 aromatic carbocycles. The molecule has 1 atom stereocenters. The summed E-state index contributed by atoms with van der Waals surface area (Å²) in [5.41, 5.74) is 6.16. The Morgan fingerprint density at radius 3 is 1.93 bits per heavy atom. The van der Waals surface area contributed by atoms with Crippen LogP contribution in [0.15, 0.2) is 0 Å². The molecule has 0 amide bonds. The third-order valence-electron chi connectivity index (χ3n) is 3.03. The Morgan fingerprint density at radius 1 is 1.07 bits per heavy atom. The standard InChI is InChI=1S/C12H27NO/c1-7-11(3,4)9-10(13)14-12(5,6)8-2/h10H,7-9,13H2,1-6H3. The van der Waals surface area contributed by atoms with E-state index in [-0.39, 0.29) is 17.2 Å². The number of nitrogens with two attached hydrogens (primary N) is 1. The summed E-state index contributed by atoms with van der Waals surface area (Å²) in [5, 5.41) is 0. The van der Waals surface area contributed by atoms with E-state index in [4.69, 9.17) is 10.5 Å². The molecule has 14 heavy (non-hydrogen) atoms. The third kappa shape index (κ3) is 5.61. The first-order chi connectivity index (χ1) is 6.22. The molecule has 0 bridgehead atoms. The molecule has 2 nitrogen and oxygen atoms in total. The Bertz CT molecular complexity index is 146. The SMILES string of the molecule is CCC(C)(C)CC(N)OC(C)(C)CC. The van der Waals surface area contributed by atoms with Gasteiger partial charge in [0.05, 0.1) is 5.60 Å². The average molecular weight is 201 g/mol. The summed E-state index contributed by atoms with van der Waals surface area (Å²) < 4.78 is 5.80. The van der Waals surface area contributed by atoms with Crippen molar-refractivity contribution >= 4 is 0 Å². The Kier molecular flexibility index (Phi) is 5.10. The fourth-order valence-electron chi connectivity index (χ4n) is 1.22. The Hall–Kier alpha value is -0.0800. The summed E-state index contributed by atoms with van der Waals surface area (Å²) in [6, 6.07) is 0. The van der Waals surface area contributed by atoms with Crippen molar-refractivity contribution in [1.29, 1.82) is 0 Å². The fraction of sp³-hybridized carbons (Fsp3) is 1.00. The van der Waals surface area contributed by atoms with Crippen molar-refractivity contribution in [3.05, 3.63) is 0 Å². The summed E-state index contributed by atoms with van der Waals surface area (Å²) in [6.07, 6.45) is 2.91. The molecule has 0 aromatic heterocycles. The first-order valence-electron chi connectivity index (χ1n) is 5.66. The van der Waals surface area contributed by atoms with Crippen molar-refractivity contribution in [2.24, 2.45) is 11.1 Å². The molecule has 0 saturated carbocycles. The van der Waals surface area contributed by atoms with Crippen LogP contribution in [0.2, 0.25) is 0 Å². The molecular weight excluding hydrogens is 174 g/mol. The molecule has 0 spiro atoms. The van der Waals surface area contributed by atoms with Crippen LogP contribution in [-0.2, 0) is 4.74 Å². The van der Waals surface area contributed by atoms with Gasteiger partial charge in [0.2, 0.25) is 0 Å². The van der Waals surface area contributed by atoms with E-state index in [0.29, 0.717) is 0 Å². The van der Waals surface area contributed by atoms with Gasteiger partial charge in [0, 0.05) is 0 Å². The van der Waals surface area contributed by atoms with Crippen molar-refractivity contribution in [3.63, 3.8) is 0 Å². The molecular formula is C12H27NO. The maximum Gasteiger partial charge on any atom is 0.106 e. The van der Waals surface area contributed by atoms with Crippen LogP contribution in [0.25, 0.3) is 0 Å². The van der Waals surface area contributed by atoms with Crippen LogP contribution in [0.4, 0.5) is 0 Å². The van der Waals surface area contributed by atoms with E-state index >= 15 is 0 Å². The molecule has 0 aliphatic heterocycles. The molecule has 86 valence electrons. The van der Waals surface area contributed by atoms with Crippen LogP contribution in [0, 0.1) is 5.41 Å². The van der Waals surface area contributed by atoms with Gasteiger partial charge < -0.3 is 10.5 Å². The second-order valence-corrected chi connectivity index (χ2v) is 5.49. The highest BCUT2D eigenvalue weighted by Crippen LogP contribution is 2.27. The highest BCUT2D eigenvalue weighted by Gasteiger charge is 2.24. The average Bonchev–Trinajstić information content (AvgIpc) is 2.02. The van der Waals surface area contributed by atoms with Crippen molar-refractivity contribution in [1.82, 2.24) is 0 Å². The van der Waals surface area contributed by atoms with Crippen molar-refractivity contribution in [3.8, 4) is 0 Å². The van der Waals surface area contributed by atoms with Gasteiger partial charge in [-0.15, -0.1) is 0 Å². The van der Waals surface area contributed by atoms with E-state index in [0.717, 1.165) is 19.3 Å². The Labute approximate surface area is 89.2 Å². The first-order valence-corrected chi connectivity index (χ1v) is 5.66. The van der Waals surface area contributed by atoms with Crippen LogP contribution in [0.3, 0.4) is 0 Å². The molecule has 2 N–H and O–H groups in total. The summed E-state index contributed by atoms with van der Waals surface area (Å²) in [5.74, 6) is 0. The predicted molar refractivity (Wildman–Crippen MR) is 62.1 cm³/mol. The molecule has 0 radical (unpaired) electrons. The Morgan fingerprint density at radius 2 is 1.57 bits per heavy atom. The second kappa shape index (κ2) is 5.13. The zero-order valence-corrected chi connectivity index (χ0v) is 10.7. The summed E-state index contributed by atoms with van der Waals surface area (Å²) in [6.45, 7) is 13.0. The normalized spacial score (nSPS) is 15.6. The van der Waals surface area contributed by atoms with Crippen LogP contribution in [-0.4, -0.2) is 11.8 Å². The molecule has 0 fully saturated rings. The number of hydrogen-bond donors (Lipinski definition) is 1. The van der Waals surface area contributed by atoms with Gasteiger partial charge in [-0.05, 0) is 32.1 Å². The Balaban J connectivity index is 4.04. The van der Waals surface area contributed by atoms with Gasteiger partial charge >= 0.3 is 0 Å². The van der Waals surface area contributed by atoms with Gasteiger partial charge in [0.15, 0.2) is 0 Å². The van der Waals surface area contributed by atoms with E-state index in [1.54, 1.807) is 0 Å².